The summed E-state index contributed by atoms with van der Waals surface area (Å²) in [7, 11) is 0. The molecule has 3 rings (SSSR count). The lowest BCUT2D eigenvalue weighted by Crippen LogP contribution is -2.36. The summed E-state index contributed by atoms with van der Waals surface area (Å²) >= 11 is 1.38. The second-order valence-corrected chi connectivity index (χ2v) is 6.60. The smallest absolute Gasteiger partial charge is 0.269 e. The third kappa shape index (κ3) is 3.94. The Labute approximate surface area is 143 Å². The molecule has 0 unspecified atom stereocenters. The molecule has 1 saturated heterocycles. The summed E-state index contributed by atoms with van der Waals surface area (Å²) in [5, 5.41) is 11.4. The van der Waals surface area contributed by atoms with Crippen molar-refractivity contribution in [3.05, 3.63) is 40.6 Å². The molecule has 1 fully saturated rings. The highest BCUT2D eigenvalue weighted by Gasteiger charge is 2.17. The maximum absolute atomic E-state index is 12.1. The Morgan fingerprint density at radius 1 is 1.25 bits per heavy atom. The number of hydrogen-bond donors (Lipinski definition) is 1. The number of aromatic nitrogens is 2. The summed E-state index contributed by atoms with van der Waals surface area (Å²) in [6.07, 6.45) is 5.05. The highest BCUT2D eigenvalue weighted by molar-refractivity contribution is 7.99. The summed E-state index contributed by atoms with van der Waals surface area (Å²) in [5.41, 5.74) is 1.65. The molecule has 0 atom stereocenters. The van der Waals surface area contributed by atoms with Crippen LogP contribution < -0.4 is 0 Å². The zero-order chi connectivity index (χ0) is 16.9. The van der Waals surface area contributed by atoms with Gasteiger partial charge in [-0.25, -0.2) is 4.98 Å². The number of hydrogen-bond acceptors (Lipinski definition) is 5. The van der Waals surface area contributed by atoms with E-state index in [2.05, 4.69) is 9.97 Å². The van der Waals surface area contributed by atoms with Gasteiger partial charge in [0, 0.05) is 30.8 Å². The van der Waals surface area contributed by atoms with Gasteiger partial charge in [-0.05, 0) is 31.4 Å². The average Bonchev–Trinajstić information content (AvgIpc) is 3.09. The highest BCUT2D eigenvalue weighted by Crippen LogP contribution is 2.24. The number of imidazole rings is 1. The zero-order valence-corrected chi connectivity index (χ0v) is 13.9. The molecule has 1 aromatic carbocycles. The summed E-state index contributed by atoms with van der Waals surface area (Å²) in [6.45, 7) is 1.71. The molecule has 0 saturated carbocycles. The number of nitro benzene ring substituents is 1. The molecule has 2 heterocycles. The van der Waals surface area contributed by atoms with E-state index in [9.17, 15) is 14.9 Å². The topological polar surface area (TPSA) is 92.1 Å². The normalized spacial score (nSPS) is 14.6. The van der Waals surface area contributed by atoms with Crippen molar-refractivity contribution in [1.29, 1.82) is 0 Å². The Hall–Kier alpha value is -2.35. The van der Waals surface area contributed by atoms with Crippen LogP contribution in [-0.2, 0) is 4.79 Å². The fourth-order valence-corrected chi connectivity index (χ4v) is 3.40. The summed E-state index contributed by atoms with van der Waals surface area (Å²) in [4.78, 5) is 31.7. The minimum absolute atomic E-state index is 0.0555. The van der Waals surface area contributed by atoms with E-state index >= 15 is 0 Å². The number of piperidine rings is 1. The van der Waals surface area contributed by atoms with Gasteiger partial charge >= 0.3 is 0 Å². The van der Waals surface area contributed by atoms with Crippen LogP contribution >= 0.6 is 11.8 Å². The molecule has 0 spiro atoms. The SMILES string of the molecule is O=C(CSc1ncc(-c2ccc([N+](=O)[O-])cc2)[nH]1)N1CCCCC1. The number of nitro groups is 1. The molecule has 24 heavy (non-hydrogen) atoms. The molecular weight excluding hydrogens is 328 g/mol. The summed E-state index contributed by atoms with van der Waals surface area (Å²) in [6, 6.07) is 6.28. The molecule has 126 valence electrons. The van der Waals surface area contributed by atoms with Crippen LogP contribution in [0.25, 0.3) is 11.3 Å². The number of carbonyl (C=O) groups excluding carboxylic acids is 1. The van der Waals surface area contributed by atoms with Gasteiger partial charge in [0.2, 0.25) is 5.91 Å². The quantitative estimate of drug-likeness (QED) is 0.510. The lowest BCUT2D eigenvalue weighted by molar-refractivity contribution is -0.384. The molecular formula is C16H18N4O3S. The van der Waals surface area contributed by atoms with E-state index in [1.165, 1.54) is 30.3 Å². The van der Waals surface area contributed by atoms with Gasteiger partial charge in [0.05, 0.1) is 22.6 Å². The van der Waals surface area contributed by atoms with Crippen molar-refractivity contribution in [3.8, 4) is 11.3 Å². The molecule has 1 amide bonds. The van der Waals surface area contributed by atoms with Crippen LogP contribution in [0.15, 0.2) is 35.6 Å². The molecule has 0 bridgehead atoms. The van der Waals surface area contributed by atoms with Crippen molar-refractivity contribution in [1.82, 2.24) is 14.9 Å². The summed E-state index contributed by atoms with van der Waals surface area (Å²) in [5.74, 6) is 0.515. The van der Waals surface area contributed by atoms with Crippen LogP contribution in [0.3, 0.4) is 0 Å². The second-order valence-electron chi connectivity index (χ2n) is 5.64. The number of likely N-dealkylation sites (tertiary alicyclic amines) is 1. The first kappa shape index (κ1) is 16.5. The molecule has 1 N–H and O–H groups in total. The van der Waals surface area contributed by atoms with Gasteiger partial charge in [0.15, 0.2) is 5.16 Å². The van der Waals surface area contributed by atoms with Crippen molar-refractivity contribution in [3.63, 3.8) is 0 Å². The van der Waals surface area contributed by atoms with E-state index in [4.69, 9.17) is 0 Å². The molecule has 0 radical (unpaired) electrons. The number of rotatable bonds is 5. The van der Waals surface area contributed by atoms with Gasteiger partial charge in [-0.1, -0.05) is 11.8 Å². The van der Waals surface area contributed by atoms with Crippen LogP contribution in [0, 0.1) is 10.1 Å². The number of carbonyl (C=O) groups is 1. The van der Waals surface area contributed by atoms with Crippen molar-refractivity contribution < 1.29 is 9.72 Å². The Balaban J connectivity index is 1.58. The Bertz CT molecular complexity index is 723. The maximum atomic E-state index is 12.1. The monoisotopic (exact) mass is 346 g/mol. The minimum atomic E-state index is -0.426. The number of thioether (sulfide) groups is 1. The molecule has 1 aliphatic rings. The third-order valence-corrected chi connectivity index (χ3v) is 4.85. The molecule has 0 aliphatic carbocycles. The lowest BCUT2D eigenvalue weighted by atomic mass is 10.1. The predicted molar refractivity (Wildman–Crippen MR) is 91.8 cm³/mol. The minimum Gasteiger partial charge on any atom is -0.342 e. The van der Waals surface area contributed by atoms with Gasteiger partial charge in [-0.3, -0.25) is 14.9 Å². The largest absolute Gasteiger partial charge is 0.342 e. The van der Waals surface area contributed by atoms with E-state index in [0.29, 0.717) is 10.9 Å². The first-order valence-electron chi connectivity index (χ1n) is 7.84. The van der Waals surface area contributed by atoms with Crippen molar-refractivity contribution >= 4 is 23.4 Å². The predicted octanol–water partition coefficient (Wildman–Crippen LogP) is 3.09. The van der Waals surface area contributed by atoms with E-state index < -0.39 is 4.92 Å². The molecule has 1 aliphatic heterocycles. The number of benzene rings is 1. The van der Waals surface area contributed by atoms with Crippen molar-refractivity contribution in [2.24, 2.45) is 0 Å². The van der Waals surface area contributed by atoms with Gasteiger partial charge < -0.3 is 9.88 Å². The zero-order valence-electron chi connectivity index (χ0n) is 13.1. The van der Waals surface area contributed by atoms with Gasteiger partial charge in [0.25, 0.3) is 5.69 Å². The Morgan fingerprint density at radius 2 is 1.96 bits per heavy atom. The number of non-ortho nitro benzene ring substituents is 1. The standard InChI is InChI=1S/C16H18N4O3S/c21-15(19-8-2-1-3-9-19)11-24-16-17-10-14(18-16)12-4-6-13(7-5-12)20(22)23/h4-7,10H,1-3,8-9,11H2,(H,17,18). The third-order valence-electron chi connectivity index (χ3n) is 3.98. The molecule has 1 aromatic heterocycles. The number of amides is 1. The van der Waals surface area contributed by atoms with Gasteiger partial charge in [0.1, 0.15) is 0 Å². The number of aromatic amines is 1. The van der Waals surface area contributed by atoms with E-state index in [0.717, 1.165) is 37.2 Å². The van der Waals surface area contributed by atoms with Crippen molar-refractivity contribution in [2.45, 2.75) is 24.4 Å². The average molecular weight is 346 g/mol. The number of nitrogens with one attached hydrogen (secondary N) is 1. The van der Waals surface area contributed by atoms with E-state index in [-0.39, 0.29) is 11.6 Å². The first-order valence-corrected chi connectivity index (χ1v) is 8.82. The van der Waals surface area contributed by atoms with Crippen molar-refractivity contribution in [2.75, 3.05) is 18.8 Å². The number of nitrogens with zero attached hydrogens (tertiary/aromatic N) is 3. The fraction of sp³-hybridized carbons (Fsp3) is 0.375. The highest BCUT2D eigenvalue weighted by atomic mass is 32.2. The first-order chi connectivity index (χ1) is 11.6. The van der Waals surface area contributed by atoms with Crippen LogP contribution in [0.4, 0.5) is 5.69 Å². The second kappa shape index (κ2) is 7.48. The van der Waals surface area contributed by atoms with Crippen LogP contribution in [0.1, 0.15) is 19.3 Å². The lowest BCUT2D eigenvalue weighted by Gasteiger charge is -2.26. The van der Waals surface area contributed by atoms with E-state index in [1.54, 1.807) is 18.3 Å². The van der Waals surface area contributed by atoms with Gasteiger partial charge in [-0.2, -0.15) is 0 Å². The molecule has 2 aromatic rings. The van der Waals surface area contributed by atoms with Crippen LogP contribution in [0.5, 0.6) is 0 Å². The van der Waals surface area contributed by atoms with Crippen LogP contribution in [-0.4, -0.2) is 44.5 Å². The summed E-state index contributed by atoms with van der Waals surface area (Å²) < 4.78 is 0. The molecule has 7 nitrogen and oxygen atoms in total. The van der Waals surface area contributed by atoms with E-state index in [1.807, 2.05) is 4.90 Å². The fourth-order valence-electron chi connectivity index (χ4n) is 2.65. The Kier molecular flexibility index (Phi) is 5.14. The number of H-pyrrole nitrogens is 1. The van der Waals surface area contributed by atoms with Crippen LogP contribution in [0.2, 0.25) is 0 Å². The van der Waals surface area contributed by atoms with Gasteiger partial charge in [-0.15, -0.1) is 0 Å². The molecule has 8 heteroatoms. The Morgan fingerprint density at radius 3 is 2.62 bits per heavy atom. The maximum Gasteiger partial charge on any atom is 0.269 e.